The van der Waals surface area contributed by atoms with Crippen molar-refractivity contribution in [1.29, 1.82) is 0 Å². The summed E-state index contributed by atoms with van der Waals surface area (Å²) in [4.78, 5) is 34.8. The van der Waals surface area contributed by atoms with Crippen LogP contribution in [-0.2, 0) is 4.74 Å². The second-order valence-corrected chi connectivity index (χ2v) is 6.20. The molecule has 0 aliphatic heterocycles. The molecule has 0 radical (unpaired) electrons. The minimum atomic E-state index is -0.789. The molecule has 9 nitrogen and oxygen atoms in total. The highest BCUT2D eigenvalue weighted by molar-refractivity contribution is 5.98. The molecule has 2 aromatic carbocycles. The quantitative estimate of drug-likeness (QED) is 0.161. The zero-order valence-electron chi connectivity index (χ0n) is 15.8. The number of esters is 1. The summed E-state index contributed by atoms with van der Waals surface area (Å²) in [6.07, 6.45) is 0. The predicted octanol–water partition coefficient (Wildman–Crippen LogP) is 3.29. The van der Waals surface area contributed by atoms with Crippen molar-refractivity contribution in [2.24, 2.45) is 0 Å². The van der Waals surface area contributed by atoms with Gasteiger partial charge in [-0.2, -0.15) is 0 Å². The minimum absolute atomic E-state index is 0.00101. The Morgan fingerprint density at radius 2 is 2.00 bits per heavy atom. The fourth-order valence-corrected chi connectivity index (χ4v) is 2.79. The zero-order valence-corrected chi connectivity index (χ0v) is 15.8. The van der Waals surface area contributed by atoms with Crippen molar-refractivity contribution < 1.29 is 23.6 Å². The molecule has 3 aromatic rings. The van der Waals surface area contributed by atoms with Gasteiger partial charge in [-0.3, -0.25) is 10.1 Å². The highest BCUT2D eigenvalue weighted by Crippen LogP contribution is 2.26. The van der Waals surface area contributed by atoms with Crippen LogP contribution in [0.1, 0.15) is 15.9 Å². The lowest BCUT2D eigenvalue weighted by atomic mass is 10.1. The highest BCUT2D eigenvalue weighted by atomic mass is 16.6. The van der Waals surface area contributed by atoms with E-state index in [1.54, 1.807) is 19.1 Å². The molecule has 0 bridgehead atoms. The number of nitrogens with one attached hydrogen (secondary N) is 1. The van der Waals surface area contributed by atoms with Gasteiger partial charge >= 0.3 is 11.6 Å². The molecule has 0 amide bonds. The van der Waals surface area contributed by atoms with Crippen molar-refractivity contribution in [3.8, 4) is 5.75 Å². The molecule has 0 unspecified atom stereocenters. The maximum Gasteiger partial charge on any atom is 0.345 e. The summed E-state index contributed by atoms with van der Waals surface area (Å²) < 4.78 is 15.5. The minimum Gasteiger partial charge on any atom is -0.423 e. The average molecular weight is 398 g/mol. The van der Waals surface area contributed by atoms with E-state index in [1.165, 1.54) is 31.4 Å². The first-order chi connectivity index (χ1) is 13.9. The van der Waals surface area contributed by atoms with Crippen molar-refractivity contribution in [2.75, 3.05) is 25.6 Å². The number of methoxy groups -OCH3 is 1. The number of nitrogens with zero attached hydrogens (tertiary/aromatic N) is 1. The predicted molar refractivity (Wildman–Crippen MR) is 106 cm³/mol. The molecule has 0 fully saturated rings. The standard InChI is InChI=1S/C20H18N2O7/c1-12-9-19(23)29-18-11-14(4-5-15(12)18)28-20(24)16-10-13(22(25)26)3-6-17(16)21-7-8-27-2/h3-6,9-11,21H,7-8H2,1-2H3. The number of nitro groups is 1. The van der Waals surface area contributed by atoms with Crippen LogP contribution in [0.5, 0.6) is 5.75 Å². The normalized spacial score (nSPS) is 10.7. The van der Waals surface area contributed by atoms with Crippen molar-refractivity contribution in [1.82, 2.24) is 0 Å². The number of nitro benzene ring substituents is 1. The number of benzene rings is 2. The van der Waals surface area contributed by atoms with Gasteiger partial charge in [0.25, 0.3) is 5.69 Å². The first-order valence-electron chi connectivity index (χ1n) is 8.67. The van der Waals surface area contributed by atoms with Gasteiger partial charge < -0.3 is 19.2 Å². The third-order valence-corrected chi connectivity index (χ3v) is 4.19. The first-order valence-corrected chi connectivity index (χ1v) is 8.67. The molecule has 0 aliphatic carbocycles. The number of hydrogen-bond acceptors (Lipinski definition) is 8. The number of anilines is 1. The maximum atomic E-state index is 12.7. The van der Waals surface area contributed by atoms with Crippen molar-refractivity contribution >= 4 is 28.3 Å². The first kappa shape index (κ1) is 20.0. The third-order valence-electron chi connectivity index (χ3n) is 4.19. The van der Waals surface area contributed by atoms with Gasteiger partial charge in [-0.1, -0.05) is 0 Å². The molecule has 9 heteroatoms. The second-order valence-electron chi connectivity index (χ2n) is 6.20. The summed E-state index contributed by atoms with van der Waals surface area (Å²) in [6, 6.07) is 9.89. The van der Waals surface area contributed by atoms with Gasteiger partial charge in [0.1, 0.15) is 11.3 Å². The smallest absolute Gasteiger partial charge is 0.345 e. The Hall–Kier alpha value is -3.72. The molecule has 0 atom stereocenters. The van der Waals surface area contributed by atoms with E-state index >= 15 is 0 Å². The van der Waals surface area contributed by atoms with Crippen molar-refractivity contribution in [3.05, 3.63) is 74.1 Å². The lowest BCUT2D eigenvalue weighted by Crippen LogP contribution is -2.15. The number of carbonyl (C=O) groups is 1. The topological polar surface area (TPSA) is 121 Å². The fraction of sp³-hybridized carbons (Fsp3) is 0.200. The van der Waals surface area contributed by atoms with Gasteiger partial charge in [0.15, 0.2) is 0 Å². The summed E-state index contributed by atoms with van der Waals surface area (Å²) >= 11 is 0. The number of hydrogen-bond donors (Lipinski definition) is 1. The van der Waals surface area contributed by atoms with Gasteiger partial charge in [-0.25, -0.2) is 9.59 Å². The van der Waals surface area contributed by atoms with Crippen LogP contribution in [0.25, 0.3) is 11.0 Å². The number of rotatable bonds is 7. The van der Waals surface area contributed by atoms with Crippen LogP contribution in [0.15, 0.2) is 51.7 Å². The van der Waals surface area contributed by atoms with Crippen LogP contribution in [0.2, 0.25) is 0 Å². The van der Waals surface area contributed by atoms with Crippen LogP contribution in [0.3, 0.4) is 0 Å². The zero-order chi connectivity index (χ0) is 21.0. The number of non-ortho nitro benzene ring substituents is 1. The maximum absolute atomic E-state index is 12.7. The molecular formula is C20H18N2O7. The summed E-state index contributed by atoms with van der Waals surface area (Å²) in [7, 11) is 1.53. The molecule has 1 N–H and O–H groups in total. The lowest BCUT2D eigenvalue weighted by Gasteiger charge is -2.12. The van der Waals surface area contributed by atoms with Crippen LogP contribution in [0.4, 0.5) is 11.4 Å². The van der Waals surface area contributed by atoms with E-state index in [0.717, 1.165) is 11.6 Å². The number of ether oxygens (including phenoxy) is 2. The molecule has 0 spiro atoms. The largest absolute Gasteiger partial charge is 0.423 e. The third kappa shape index (κ3) is 4.58. The summed E-state index contributed by atoms with van der Waals surface area (Å²) in [5, 5.41) is 14.8. The molecule has 0 saturated heterocycles. The van der Waals surface area contributed by atoms with Crippen molar-refractivity contribution in [3.63, 3.8) is 0 Å². The SMILES string of the molecule is COCCNc1ccc([N+](=O)[O-])cc1C(=O)Oc1ccc2c(C)cc(=O)oc2c1. The molecule has 29 heavy (non-hydrogen) atoms. The summed E-state index contributed by atoms with van der Waals surface area (Å²) in [6.45, 7) is 2.55. The molecule has 0 aliphatic rings. The molecule has 3 rings (SSSR count). The molecule has 1 aromatic heterocycles. The second kappa shape index (κ2) is 8.53. The Labute approximate surface area is 165 Å². The van der Waals surface area contributed by atoms with Crippen LogP contribution < -0.4 is 15.7 Å². The van der Waals surface area contributed by atoms with Crippen molar-refractivity contribution in [2.45, 2.75) is 6.92 Å². The molecule has 0 saturated carbocycles. The molecule has 150 valence electrons. The van der Waals surface area contributed by atoms with Gasteiger partial charge in [0, 0.05) is 49.0 Å². The molecular weight excluding hydrogens is 380 g/mol. The summed E-state index contributed by atoms with van der Waals surface area (Å²) in [5.74, 6) is -0.645. The number of fused-ring (bicyclic) bond motifs is 1. The van der Waals surface area contributed by atoms with Gasteiger partial charge in [-0.15, -0.1) is 0 Å². The number of aryl methyl sites for hydroxylation is 1. The van der Waals surface area contributed by atoms with E-state index in [4.69, 9.17) is 13.9 Å². The highest BCUT2D eigenvalue weighted by Gasteiger charge is 2.19. The van der Waals surface area contributed by atoms with E-state index in [2.05, 4.69) is 5.32 Å². The van der Waals surface area contributed by atoms with E-state index in [0.29, 0.717) is 24.2 Å². The Morgan fingerprint density at radius 1 is 1.21 bits per heavy atom. The Kier molecular flexibility index (Phi) is 5.89. The molecule has 1 heterocycles. The fourth-order valence-electron chi connectivity index (χ4n) is 2.79. The van der Waals surface area contributed by atoms with Gasteiger partial charge in [0.2, 0.25) is 0 Å². The van der Waals surface area contributed by atoms with E-state index in [1.807, 2.05) is 0 Å². The Morgan fingerprint density at radius 3 is 2.72 bits per heavy atom. The van der Waals surface area contributed by atoms with Crippen LogP contribution in [0, 0.1) is 17.0 Å². The van der Waals surface area contributed by atoms with E-state index in [9.17, 15) is 19.7 Å². The Bertz CT molecular complexity index is 1140. The average Bonchev–Trinajstić information content (AvgIpc) is 2.67. The van der Waals surface area contributed by atoms with E-state index < -0.39 is 16.5 Å². The van der Waals surface area contributed by atoms with Gasteiger partial charge in [-0.05, 0) is 30.7 Å². The van der Waals surface area contributed by atoms with Gasteiger partial charge in [0.05, 0.1) is 17.1 Å². The lowest BCUT2D eigenvalue weighted by molar-refractivity contribution is -0.384. The summed E-state index contributed by atoms with van der Waals surface area (Å²) in [5.41, 5.74) is 0.633. The number of carbonyl (C=O) groups excluding carboxylic acids is 1. The van der Waals surface area contributed by atoms with Crippen LogP contribution in [-0.4, -0.2) is 31.2 Å². The van der Waals surface area contributed by atoms with E-state index in [-0.39, 0.29) is 22.6 Å². The van der Waals surface area contributed by atoms with Crippen LogP contribution >= 0.6 is 0 Å². The monoisotopic (exact) mass is 398 g/mol. The Balaban J connectivity index is 1.92.